The number of thiazole rings is 1. The molecular formula is C15H10N4O8S. The summed E-state index contributed by atoms with van der Waals surface area (Å²) in [6, 6.07) is 6.08. The first-order chi connectivity index (χ1) is 13.3. The number of nitro groups is 2. The minimum absolute atomic E-state index is 0.0463. The first kappa shape index (κ1) is 18.9. The lowest BCUT2D eigenvalue weighted by molar-refractivity contribution is -0.402. The lowest BCUT2D eigenvalue weighted by Crippen LogP contribution is -2.22. The summed E-state index contributed by atoms with van der Waals surface area (Å²) in [5.41, 5.74) is 0.261. The van der Waals surface area contributed by atoms with Gasteiger partial charge in [0.1, 0.15) is 11.5 Å². The number of hydrogen-bond acceptors (Lipinski definition) is 9. The zero-order chi connectivity index (χ0) is 20.4. The summed E-state index contributed by atoms with van der Waals surface area (Å²) in [6.45, 7) is -0.293. The number of aromatic nitrogens is 1. The molecule has 2 aromatic heterocycles. The Kier molecular flexibility index (Phi) is 5.00. The molecule has 0 aliphatic carbocycles. The van der Waals surface area contributed by atoms with E-state index < -0.39 is 27.6 Å². The second-order valence-electron chi connectivity index (χ2n) is 5.27. The maximum absolute atomic E-state index is 12.3. The Balaban J connectivity index is 2.13. The second-order valence-corrected chi connectivity index (χ2v) is 6.28. The molecule has 13 heteroatoms. The quantitative estimate of drug-likeness (QED) is 0.353. The summed E-state index contributed by atoms with van der Waals surface area (Å²) in [7, 11) is 1.19. The van der Waals surface area contributed by atoms with E-state index in [4.69, 9.17) is 4.42 Å². The van der Waals surface area contributed by atoms with Gasteiger partial charge in [-0.05, 0) is 12.1 Å². The minimum atomic E-state index is -0.909. The number of amides is 1. The van der Waals surface area contributed by atoms with Gasteiger partial charge in [0, 0.05) is 12.1 Å². The Morgan fingerprint density at radius 3 is 2.57 bits per heavy atom. The third-order valence-electron chi connectivity index (χ3n) is 3.57. The highest BCUT2D eigenvalue weighted by atomic mass is 32.1. The number of furan rings is 1. The highest BCUT2D eigenvalue weighted by molar-refractivity contribution is 7.16. The van der Waals surface area contributed by atoms with Crippen molar-refractivity contribution in [1.82, 2.24) is 4.57 Å². The predicted octanol–water partition coefficient (Wildman–Crippen LogP) is 2.03. The normalized spacial score (nSPS) is 11.5. The number of methoxy groups -OCH3 is 1. The molecule has 28 heavy (non-hydrogen) atoms. The fourth-order valence-corrected chi connectivity index (χ4v) is 3.35. The van der Waals surface area contributed by atoms with Gasteiger partial charge in [-0.1, -0.05) is 11.3 Å². The van der Waals surface area contributed by atoms with E-state index in [1.807, 2.05) is 0 Å². The van der Waals surface area contributed by atoms with Crippen molar-refractivity contribution < 1.29 is 28.6 Å². The number of non-ortho nitro benzene ring substituents is 1. The molecule has 0 aliphatic heterocycles. The van der Waals surface area contributed by atoms with Crippen LogP contribution in [0.25, 0.3) is 10.2 Å². The Hall–Kier alpha value is -3.87. The molecule has 0 saturated carbocycles. The molecule has 0 fully saturated rings. The standard InChI is InChI=1S/C15H10N4O8S/c1-26-13(20)7-17-9-3-2-8(18(22)23)6-11(9)28-15(17)16-14(21)10-4-5-12(27-10)19(24)25/h2-6H,7H2,1H3. The van der Waals surface area contributed by atoms with Crippen molar-refractivity contribution in [1.29, 1.82) is 0 Å². The van der Waals surface area contributed by atoms with Crippen molar-refractivity contribution in [2.24, 2.45) is 4.99 Å². The third kappa shape index (κ3) is 3.64. The zero-order valence-corrected chi connectivity index (χ0v) is 14.9. The van der Waals surface area contributed by atoms with Crippen LogP contribution in [0.2, 0.25) is 0 Å². The average molecular weight is 406 g/mol. The number of nitro benzene ring substituents is 1. The van der Waals surface area contributed by atoms with Crippen LogP contribution >= 0.6 is 11.3 Å². The number of carbonyl (C=O) groups is 2. The van der Waals surface area contributed by atoms with Crippen LogP contribution in [0.3, 0.4) is 0 Å². The number of carbonyl (C=O) groups excluding carboxylic acids is 2. The van der Waals surface area contributed by atoms with Crippen LogP contribution in [0.1, 0.15) is 10.6 Å². The van der Waals surface area contributed by atoms with E-state index in [0.29, 0.717) is 10.2 Å². The van der Waals surface area contributed by atoms with Crippen molar-refractivity contribution >= 4 is 45.0 Å². The van der Waals surface area contributed by atoms with Crippen molar-refractivity contribution in [2.75, 3.05) is 7.11 Å². The van der Waals surface area contributed by atoms with Crippen molar-refractivity contribution in [3.63, 3.8) is 0 Å². The van der Waals surface area contributed by atoms with Gasteiger partial charge in [-0.15, -0.1) is 0 Å². The van der Waals surface area contributed by atoms with Crippen LogP contribution in [0.15, 0.2) is 39.7 Å². The van der Waals surface area contributed by atoms with Gasteiger partial charge in [0.15, 0.2) is 4.80 Å². The van der Waals surface area contributed by atoms with Gasteiger partial charge in [-0.2, -0.15) is 4.99 Å². The van der Waals surface area contributed by atoms with Crippen LogP contribution in [-0.2, 0) is 16.1 Å². The number of fused-ring (bicyclic) bond motifs is 1. The summed E-state index contributed by atoms with van der Waals surface area (Å²) in [5.74, 6) is -2.51. The molecular weight excluding hydrogens is 396 g/mol. The first-order valence-electron chi connectivity index (χ1n) is 7.48. The molecule has 0 spiro atoms. The SMILES string of the molecule is COC(=O)Cn1c(=NC(=O)c2ccc([N+](=O)[O-])o2)sc2cc([N+](=O)[O-])ccc21. The Bertz CT molecular complexity index is 1190. The summed E-state index contributed by atoms with van der Waals surface area (Å²) in [4.78, 5) is 48.2. The van der Waals surface area contributed by atoms with Gasteiger partial charge in [-0.25, -0.2) is 0 Å². The molecule has 12 nitrogen and oxygen atoms in total. The molecule has 0 saturated heterocycles. The number of nitrogens with zero attached hydrogens (tertiary/aromatic N) is 4. The Morgan fingerprint density at radius 2 is 1.96 bits per heavy atom. The van der Waals surface area contributed by atoms with E-state index in [1.54, 1.807) is 0 Å². The van der Waals surface area contributed by atoms with E-state index >= 15 is 0 Å². The molecule has 0 aliphatic rings. The van der Waals surface area contributed by atoms with Gasteiger partial charge in [0.05, 0.1) is 28.3 Å². The van der Waals surface area contributed by atoms with Crippen molar-refractivity contribution in [3.8, 4) is 0 Å². The lowest BCUT2D eigenvalue weighted by Gasteiger charge is -2.03. The monoisotopic (exact) mass is 406 g/mol. The van der Waals surface area contributed by atoms with Crippen LogP contribution < -0.4 is 4.80 Å². The fourth-order valence-electron chi connectivity index (χ4n) is 2.29. The maximum atomic E-state index is 12.3. The smallest absolute Gasteiger partial charge is 0.433 e. The van der Waals surface area contributed by atoms with Gasteiger partial charge in [-0.3, -0.25) is 29.8 Å². The highest BCUT2D eigenvalue weighted by Crippen LogP contribution is 2.23. The Morgan fingerprint density at radius 1 is 1.21 bits per heavy atom. The van der Waals surface area contributed by atoms with Crippen molar-refractivity contribution in [3.05, 3.63) is 61.1 Å². The van der Waals surface area contributed by atoms with Gasteiger partial charge < -0.3 is 13.7 Å². The number of esters is 1. The summed E-state index contributed by atoms with van der Waals surface area (Å²) < 4.78 is 11.2. The highest BCUT2D eigenvalue weighted by Gasteiger charge is 2.19. The van der Waals surface area contributed by atoms with E-state index in [-0.39, 0.29) is 22.8 Å². The molecule has 3 rings (SSSR count). The van der Waals surface area contributed by atoms with E-state index in [9.17, 15) is 29.8 Å². The molecule has 1 amide bonds. The molecule has 3 aromatic rings. The number of ether oxygens (including phenoxy) is 1. The van der Waals surface area contributed by atoms with Crippen molar-refractivity contribution in [2.45, 2.75) is 6.54 Å². The molecule has 1 aromatic carbocycles. The molecule has 0 N–H and O–H groups in total. The number of hydrogen-bond donors (Lipinski definition) is 0. The summed E-state index contributed by atoms with van der Waals surface area (Å²) >= 11 is 0.932. The molecule has 0 atom stereocenters. The average Bonchev–Trinajstić information content (AvgIpc) is 3.27. The summed E-state index contributed by atoms with van der Waals surface area (Å²) in [5, 5.41) is 21.6. The fraction of sp³-hybridized carbons (Fsp3) is 0.133. The van der Waals surface area contributed by atoms with Gasteiger partial charge >= 0.3 is 17.8 Å². The lowest BCUT2D eigenvalue weighted by atomic mass is 10.3. The second kappa shape index (κ2) is 7.40. The van der Waals surface area contributed by atoms with Crippen LogP contribution in [0.5, 0.6) is 0 Å². The predicted molar refractivity (Wildman–Crippen MR) is 93.7 cm³/mol. The van der Waals surface area contributed by atoms with Gasteiger partial charge in [0.2, 0.25) is 5.76 Å². The van der Waals surface area contributed by atoms with E-state index in [1.165, 1.54) is 29.9 Å². The molecule has 0 radical (unpaired) electrons. The molecule has 0 unspecified atom stereocenters. The number of rotatable bonds is 5. The largest absolute Gasteiger partial charge is 0.468 e. The van der Waals surface area contributed by atoms with Gasteiger partial charge in [0.25, 0.3) is 5.69 Å². The van der Waals surface area contributed by atoms with Crippen LogP contribution in [0.4, 0.5) is 11.6 Å². The Labute approximate surface area is 158 Å². The summed E-state index contributed by atoms with van der Waals surface area (Å²) in [6.07, 6.45) is 0. The van der Waals surface area contributed by atoms with Crippen LogP contribution in [-0.4, -0.2) is 33.4 Å². The zero-order valence-electron chi connectivity index (χ0n) is 14.1. The van der Waals surface area contributed by atoms with E-state index in [0.717, 1.165) is 23.5 Å². The minimum Gasteiger partial charge on any atom is -0.468 e. The topological polar surface area (TPSA) is 160 Å². The van der Waals surface area contributed by atoms with Crippen LogP contribution in [0, 0.1) is 20.2 Å². The van der Waals surface area contributed by atoms with E-state index in [2.05, 4.69) is 9.73 Å². The molecule has 0 bridgehead atoms. The number of benzene rings is 1. The molecule has 2 heterocycles. The first-order valence-corrected chi connectivity index (χ1v) is 8.29. The maximum Gasteiger partial charge on any atom is 0.433 e. The molecule has 144 valence electrons. The third-order valence-corrected chi connectivity index (χ3v) is 4.61.